The molecule has 90 valence electrons. The summed E-state index contributed by atoms with van der Waals surface area (Å²) in [7, 11) is 0. The van der Waals surface area contributed by atoms with E-state index < -0.39 is 11.6 Å². The summed E-state index contributed by atoms with van der Waals surface area (Å²) in [5.41, 5.74) is -0.450. The van der Waals surface area contributed by atoms with Gasteiger partial charge in [0.25, 0.3) is 0 Å². The van der Waals surface area contributed by atoms with Crippen LogP contribution >= 0.6 is 31.9 Å². The van der Waals surface area contributed by atoms with E-state index in [9.17, 15) is 9.90 Å². The van der Waals surface area contributed by atoms with E-state index in [4.69, 9.17) is 4.74 Å². The van der Waals surface area contributed by atoms with Crippen molar-refractivity contribution in [2.75, 3.05) is 0 Å². The van der Waals surface area contributed by atoms with Crippen molar-refractivity contribution in [3.63, 3.8) is 0 Å². The van der Waals surface area contributed by atoms with Crippen LogP contribution in [0.5, 0.6) is 5.75 Å². The summed E-state index contributed by atoms with van der Waals surface area (Å²) in [6, 6.07) is 3.18. The van der Waals surface area contributed by atoms with Gasteiger partial charge in [-0.1, -0.05) is 15.9 Å². The van der Waals surface area contributed by atoms with Crippen LogP contribution < -0.4 is 0 Å². The Morgan fingerprint density at radius 1 is 1.29 bits per heavy atom. The number of benzene rings is 1. The normalized spacial score (nSPS) is 10.6. The van der Waals surface area contributed by atoms with Crippen LogP contribution in [0.1, 0.15) is 31.1 Å². The quantitative estimate of drug-likeness (QED) is 0.590. The molecule has 17 heavy (non-hydrogen) atoms. The summed E-state index contributed by atoms with van der Waals surface area (Å²) in [5.74, 6) is -0.663. The number of hydrogen-bond acceptors (Lipinski definition) is 3. The summed E-state index contributed by atoms with van der Waals surface area (Å²) in [5, 5.41) is 9.72. The molecule has 0 amide bonds. The van der Waals surface area contributed by atoms with Crippen LogP contribution in [0.4, 0.5) is 0 Å². The van der Waals surface area contributed by atoms with Crippen molar-refractivity contribution in [2.45, 2.75) is 26.4 Å². The zero-order chi connectivity index (χ0) is 12.5. The molecule has 0 bridgehead atoms. The van der Waals surface area contributed by atoms with Gasteiger partial charge in [0, 0.05) is 4.47 Å². The SMILES string of the molecule is CC(C)(C)OC(=O)c1cc(Br)cc(Br)c1O.[KH]. The fourth-order valence-corrected chi connectivity index (χ4v) is 2.28. The van der Waals surface area contributed by atoms with Crippen molar-refractivity contribution in [2.24, 2.45) is 0 Å². The van der Waals surface area contributed by atoms with E-state index in [0.29, 0.717) is 8.95 Å². The van der Waals surface area contributed by atoms with E-state index in [1.165, 1.54) is 6.07 Å². The number of carbonyl (C=O) groups excluding carboxylic acids is 1. The van der Waals surface area contributed by atoms with Gasteiger partial charge in [-0.15, -0.1) is 0 Å². The number of esters is 1. The first-order valence-corrected chi connectivity index (χ1v) is 6.20. The Balaban J connectivity index is 0.00000256. The molecule has 0 aliphatic heterocycles. The third-order valence-corrected chi connectivity index (χ3v) is 2.71. The summed E-state index contributed by atoms with van der Waals surface area (Å²) >= 11 is 6.40. The zero-order valence-corrected chi connectivity index (χ0v) is 12.3. The van der Waals surface area contributed by atoms with Crippen LogP contribution in [-0.4, -0.2) is 68.1 Å². The summed E-state index contributed by atoms with van der Waals surface area (Å²) < 4.78 is 6.31. The molecule has 0 fully saturated rings. The Labute approximate surface area is 160 Å². The standard InChI is InChI=1S/C11H12Br2O3.K.H/c1-11(2,3)16-10(15)7-4-6(12)5-8(13)9(7)14;;/h4-5,14H,1-3H3;;. The van der Waals surface area contributed by atoms with Crippen molar-refractivity contribution in [3.8, 4) is 5.75 Å². The van der Waals surface area contributed by atoms with Crippen molar-refractivity contribution < 1.29 is 14.6 Å². The Morgan fingerprint density at radius 3 is 2.29 bits per heavy atom. The number of carbonyl (C=O) groups is 1. The monoisotopic (exact) mass is 390 g/mol. The van der Waals surface area contributed by atoms with Crippen LogP contribution in [0.3, 0.4) is 0 Å². The molecule has 1 aromatic carbocycles. The molecule has 1 N–H and O–H groups in total. The number of phenolic OH excluding ortho intramolecular Hbond substituents is 1. The number of rotatable bonds is 1. The fourth-order valence-electron chi connectivity index (χ4n) is 1.05. The van der Waals surface area contributed by atoms with Gasteiger partial charge in [0.2, 0.25) is 0 Å². The van der Waals surface area contributed by atoms with E-state index >= 15 is 0 Å². The molecule has 0 aliphatic carbocycles. The Hall–Kier alpha value is 1.09. The average molecular weight is 392 g/mol. The Morgan fingerprint density at radius 2 is 1.82 bits per heavy atom. The molecule has 3 nitrogen and oxygen atoms in total. The van der Waals surface area contributed by atoms with Crippen molar-refractivity contribution in [1.82, 2.24) is 0 Å². The van der Waals surface area contributed by atoms with Crippen molar-refractivity contribution >= 4 is 89.2 Å². The van der Waals surface area contributed by atoms with Gasteiger partial charge in [-0.25, -0.2) is 4.79 Å². The molecule has 0 saturated heterocycles. The van der Waals surface area contributed by atoms with Gasteiger partial charge in [0.15, 0.2) is 0 Å². The molecule has 0 aliphatic rings. The fraction of sp³-hybridized carbons (Fsp3) is 0.364. The maximum atomic E-state index is 11.8. The average Bonchev–Trinajstić information content (AvgIpc) is 2.08. The van der Waals surface area contributed by atoms with E-state index in [0.717, 1.165) is 0 Å². The third kappa shape index (κ3) is 5.71. The molecule has 1 rings (SSSR count). The van der Waals surface area contributed by atoms with Crippen LogP contribution in [0.2, 0.25) is 0 Å². The molecule has 6 heteroatoms. The second kappa shape index (κ2) is 7.03. The van der Waals surface area contributed by atoms with E-state index in [1.807, 2.05) is 0 Å². The summed E-state index contributed by atoms with van der Waals surface area (Å²) in [6.45, 7) is 5.32. The summed E-state index contributed by atoms with van der Waals surface area (Å²) in [6.07, 6.45) is 0. The molecule has 0 heterocycles. The minimum atomic E-state index is -0.585. The van der Waals surface area contributed by atoms with Gasteiger partial charge >= 0.3 is 57.4 Å². The molecule has 0 radical (unpaired) electrons. The third-order valence-electron chi connectivity index (χ3n) is 1.65. The number of ether oxygens (including phenoxy) is 1. The van der Waals surface area contributed by atoms with Gasteiger partial charge in [0.05, 0.1) is 4.47 Å². The molecule has 0 saturated carbocycles. The predicted molar refractivity (Wildman–Crippen MR) is 75.8 cm³/mol. The Kier molecular flexibility index (Phi) is 7.47. The van der Waals surface area contributed by atoms with Gasteiger partial charge in [-0.05, 0) is 48.8 Å². The number of halogens is 2. The summed E-state index contributed by atoms with van der Waals surface area (Å²) in [4.78, 5) is 11.8. The Bertz CT molecular complexity index is 427. The van der Waals surface area contributed by atoms with E-state index in [2.05, 4.69) is 31.9 Å². The molecule has 0 unspecified atom stereocenters. The molecule has 0 aromatic heterocycles. The van der Waals surface area contributed by atoms with Crippen LogP contribution in [0.15, 0.2) is 21.1 Å². The minimum absolute atomic E-state index is 0. The van der Waals surface area contributed by atoms with Gasteiger partial charge < -0.3 is 9.84 Å². The molecular formula is C11H13Br2KO3. The van der Waals surface area contributed by atoms with Gasteiger partial charge in [-0.2, -0.15) is 0 Å². The topological polar surface area (TPSA) is 46.5 Å². The molecule has 0 atom stereocenters. The van der Waals surface area contributed by atoms with E-state index in [-0.39, 0.29) is 62.7 Å². The van der Waals surface area contributed by atoms with Crippen molar-refractivity contribution in [3.05, 3.63) is 26.6 Å². The first-order chi connectivity index (χ1) is 7.20. The number of phenols is 1. The van der Waals surface area contributed by atoms with Gasteiger partial charge in [0.1, 0.15) is 16.9 Å². The second-order valence-corrected chi connectivity index (χ2v) is 6.06. The van der Waals surface area contributed by atoms with Crippen LogP contribution in [0, 0.1) is 0 Å². The number of aromatic hydroxyl groups is 1. The zero-order valence-electron chi connectivity index (χ0n) is 9.17. The second-order valence-electron chi connectivity index (χ2n) is 4.29. The molecular weight excluding hydrogens is 379 g/mol. The predicted octanol–water partition coefficient (Wildman–Crippen LogP) is 3.22. The number of hydrogen-bond donors (Lipinski definition) is 1. The van der Waals surface area contributed by atoms with Gasteiger partial charge in [-0.3, -0.25) is 0 Å². The van der Waals surface area contributed by atoms with Crippen LogP contribution in [-0.2, 0) is 4.74 Å². The van der Waals surface area contributed by atoms with Crippen LogP contribution in [0.25, 0.3) is 0 Å². The first kappa shape index (κ1) is 18.1. The van der Waals surface area contributed by atoms with Crippen molar-refractivity contribution in [1.29, 1.82) is 0 Å². The van der Waals surface area contributed by atoms with E-state index in [1.54, 1.807) is 26.8 Å². The molecule has 1 aromatic rings. The maximum absolute atomic E-state index is 11.8. The first-order valence-electron chi connectivity index (χ1n) is 4.62. The molecule has 0 spiro atoms.